The van der Waals surface area contributed by atoms with Crippen LogP contribution in [-0.4, -0.2) is 6.61 Å². The summed E-state index contributed by atoms with van der Waals surface area (Å²) < 4.78 is 26.0. The van der Waals surface area contributed by atoms with Crippen LogP contribution in [0.2, 0.25) is 0 Å². The number of nitriles is 1. The third-order valence-corrected chi connectivity index (χ3v) is 0.780. The predicted molar refractivity (Wildman–Crippen MR) is 25.3 cm³/mol. The standard InChI is InChI=1S/C3H4F2NOP/c4-8(5)7-3-1-2-6/h1,3H2. The van der Waals surface area contributed by atoms with Crippen molar-refractivity contribution in [3.05, 3.63) is 0 Å². The van der Waals surface area contributed by atoms with Gasteiger partial charge in [0, 0.05) is 0 Å². The topological polar surface area (TPSA) is 33.0 Å². The van der Waals surface area contributed by atoms with Gasteiger partial charge < -0.3 is 4.52 Å². The van der Waals surface area contributed by atoms with Crippen LogP contribution in [0.25, 0.3) is 0 Å². The summed E-state index contributed by atoms with van der Waals surface area (Å²) >= 11 is 0. The maximum absolute atomic E-state index is 11.1. The number of hydrogen-bond donors (Lipinski definition) is 0. The van der Waals surface area contributed by atoms with Crippen molar-refractivity contribution >= 4 is 8.77 Å². The molecule has 8 heavy (non-hydrogen) atoms. The molecule has 0 spiro atoms. The quantitative estimate of drug-likeness (QED) is 0.443. The highest BCUT2D eigenvalue weighted by Crippen LogP contribution is 2.39. The second-order valence-electron chi connectivity index (χ2n) is 0.943. The van der Waals surface area contributed by atoms with E-state index >= 15 is 0 Å². The minimum absolute atomic E-state index is 0.0344. The van der Waals surface area contributed by atoms with E-state index in [9.17, 15) is 8.39 Å². The molecule has 0 aliphatic heterocycles. The van der Waals surface area contributed by atoms with Crippen molar-refractivity contribution in [1.29, 1.82) is 5.26 Å². The second kappa shape index (κ2) is 4.89. The Morgan fingerprint density at radius 1 is 1.62 bits per heavy atom. The summed E-state index contributed by atoms with van der Waals surface area (Å²) in [6.45, 7) is -0.158. The molecule has 0 saturated carbocycles. The molecule has 46 valence electrons. The molecule has 0 aliphatic carbocycles. The van der Waals surface area contributed by atoms with E-state index in [4.69, 9.17) is 5.26 Å². The maximum atomic E-state index is 11.1. The van der Waals surface area contributed by atoms with Gasteiger partial charge >= 0.3 is 8.77 Å². The average molecular weight is 139 g/mol. The molecule has 0 saturated heterocycles. The third kappa shape index (κ3) is 5.74. The number of halogens is 2. The van der Waals surface area contributed by atoms with Gasteiger partial charge in [0.2, 0.25) is 0 Å². The van der Waals surface area contributed by atoms with Crippen LogP contribution in [0.15, 0.2) is 0 Å². The summed E-state index contributed by atoms with van der Waals surface area (Å²) in [5.74, 6) is 0. The molecular formula is C3H4F2NOP. The molecule has 0 heterocycles. The van der Waals surface area contributed by atoms with E-state index in [0.29, 0.717) is 0 Å². The van der Waals surface area contributed by atoms with Gasteiger partial charge in [-0.1, -0.05) is 0 Å². The predicted octanol–water partition coefficient (Wildman–Crippen LogP) is 2.08. The Labute approximate surface area is 47.1 Å². The summed E-state index contributed by atoms with van der Waals surface area (Å²) in [6.07, 6.45) is 0.0344. The highest BCUT2D eigenvalue weighted by Gasteiger charge is 2.01. The molecule has 0 rings (SSSR count). The normalized spacial score (nSPS) is 9.25. The zero-order chi connectivity index (χ0) is 6.41. The molecule has 0 atom stereocenters. The molecule has 0 unspecified atom stereocenters. The SMILES string of the molecule is N#CCCOP(F)F. The van der Waals surface area contributed by atoms with E-state index in [0.717, 1.165) is 0 Å². The Bertz CT molecular complexity index is 91.8. The van der Waals surface area contributed by atoms with E-state index in [1.165, 1.54) is 0 Å². The molecule has 0 aromatic heterocycles. The lowest BCUT2D eigenvalue weighted by molar-refractivity contribution is 0.317. The van der Waals surface area contributed by atoms with Crippen LogP contribution in [0.4, 0.5) is 8.39 Å². The molecule has 0 radical (unpaired) electrons. The van der Waals surface area contributed by atoms with Gasteiger partial charge in [-0.25, -0.2) is 0 Å². The van der Waals surface area contributed by atoms with Gasteiger partial charge in [0.25, 0.3) is 0 Å². The summed E-state index contributed by atoms with van der Waals surface area (Å²) in [6, 6.07) is 1.68. The molecule has 5 heteroatoms. The fourth-order valence-electron chi connectivity index (χ4n) is 0.160. The van der Waals surface area contributed by atoms with Crippen molar-refractivity contribution in [1.82, 2.24) is 0 Å². The molecule has 0 fully saturated rings. The average Bonchev–Trinajstić information content (AvgIpc) is 1.66. The van der Waals surface area contributed by atoms with Crippen LogP contribution in [0.5, 0.6) is 0 Å². The van der Waals surface area contributed by atoms with Gasteiger partial charge in [-0.05, 0) is 0 Å². The first-order valence-corrected chi connectivity index (χ1v) is 2.93. The number of rotatable bonds is 3. The summed E-state index contributed by atoms with van der Waals surface area (Å²) in [5, 5.41) is 7.81. The van der Waals surface area contributed by atoms with E-state index in [-0.39, 0.29) is 13.0 Å². The molecule has 0 N–H and O–H groups in total. The van der Waals surface area contributed by atoms with Gasteiger partial charge in [0.05, 0.1) is 19.1 Å². The lowest BCUT2D eigenvalue weighted by Gasteiger charge is -1.92. The molecule has 0 aliphatic rings. The van der Waals surface area contributed by atoms with E-state index in [1.54, 1.807) is 6.07 Å². The molecular weight excluding hydrogens is 135 g/mol. The van der Waals surface area contributed by atoms with Crippen LogP contribution >= 0.6 is 8.77 Å². The first kappa shape index (κ1) is 7.74. The maximum Gasteiger partial charge on any atom is 0.415 e. The molecule has 2 nitrogen and oxygen atoms in total. The fourth-order valence-corrected chi connectivity index (χ4v) is 0.390. The lowest BCUT2D eigenvalue weighted by atomic mass is 10.5. The second-order valence-corrected chi connectivity index (χ2v) is 1.61. The first-order chi connectivity index (χ1) is 3.77. The van der Waals surface area contributed by atoms with Crippen molar-refractivity contribution in [2.24, 2.45) is 0 Å². The molecule has 0 bridgehead atoms. The Hall–Kier alpha value is -0.260. The van der Waals surface area contributed by atoms with Gasteiger partial charge in [0.1, 0.15) is 0 Å². The van der Waals surface area contributed by atoms with Crippen molar-refractivity contribution < 1.29 is 12.9 Å². The van der Waals surface area contributed by atoms with Gasteiger partial charge in [-0.2, -0.15) is 13.7 Å². The van der Waals surface area contributed by atoms with Crippen LogP contribution < -0.4 is 0 Å². The van der Waals surface area contributed by atoms with Crippen molar-refractivity contribution in [2.75, 3.05) is 6.61 Å². The number of hydrogen-bond acceptors (Lipinski definition) is 2. The lowest BCUT2D eigenvalue weighted by Crippen LogP contribution is -1.81. The van der Waals surface area contributed by atoms with Crippen LogP contribution in [0, 0.1) is 11.3 Å². The Morgan fingerprint density at radius 2 is 2.25 bits per heavy atom. The van der Waals surface area contributed by atoms with Gasteiger partial charge in [-0.15, -0.1) is 0 Å². The van der Waals surface area contributed by atoms with E-state index in [1.807, 2.05) is 0 Å². The van der Waals surface area contributed by atoms with Crippen molar-refractivity contribution in [2.45, 2.75) is 6.42 Å². The van der Waals surface area contributed by atoms with Crippen LogP contribution in [-0.2, 0) is 4.52 Å². The van der Waals surface area contributed by atoms with E-state index < -0.39 is 8.77 Å². The highest BCUT2D eigenvalue weighted by molar-refractivity contribution is 7.40. The molecule has 0 amide bonds. The Morgan fingerprint density at radius 3 is 2.62 bits per heavy atom. The largest absolute Gasteiger partial charge is 0.415 e. The summed E-state index contributed by atoms with van der Waals surface area (Å²) in [4.78, 5) is 0. The third-order valence-electron chi connectivity index (χ3n) is 0.403. The fraction of sp³-hybridized carbons (Fsp3) is 0.667. The van der Waals surface area contributed by atoms with Gasteiger partial charge in [-0.3, -0.25) is 0 Å². The Balaban J connectivity index is 2.85. The monoisotopic (exact) mass is 139 g/mol. The van der Waals surface area contributed by atoms with Crippen LogP contribution in [0.1, 0.15) is 6.42 Å². The summed E-state index contributed by atoms with van der Waals surface area (Å²) in [7, 11) is -3.26. The minimum atomic E-state index is -3.26. The molecule has 0 aromatic rings. The summed E-state index contributed by atoms with van der Waals surface area (Å²) in [5.41, 5.74) is 0. The highest BCUT2D eigenvalue weighted by atomic mass is 31.2. The smallest absolute Gasteiger partial charge is 0.305 e. The van der Waals surface area contributed by atoms with Crippen LogP contribution in [0.3, 0.4) is 0 Å². The first-order valence-electron chi connectivity index (χ1n) is 1.89. The van der Waals surface area contributed by atoms with E-state index in [2.05, 4.69) is 4.52 Å². The van der Waals surface area contributed by atoms with Crippen molar-refractivity contribution in [3.63, 3.8) is 0 Å². The zero-order valence-electron chi connectivity index (χ0n) is 3.97. The molecule has 0 aromatic carbocycles. The van der Waals surface area contributed by atoms with Crippen molar-refractivity contribution in [3.8, 4) is 6.07 Å². The Kier molecular flexibility index (Phi) is 4.73. The minimum Gasteiger partial charge on any atom is -0.305 e. The number of nitrogens with zero attached hydrogens (tertiary/aromatic N) is 1. The van der Waals surface area contributed by atoms with Gasteiger partial charge in [0.15, 0.2) is 0 Å². The zero-order valence-corrected chi connectivity index (χ0v) is 4.87.